The van der Waals surface area contributed by atoms with Crippen LogP contribution in [0.25, 0.3) is 0 Å². The van der Waals surface area contributed by atoms with E-state index in [1.165, 1.54) is 5.56 Å². The highest BCUT2D eigenvalue weighted by Crippen LogP contribution is 2.16. The lowest BCUT2D eigenvalue weighted by atomic mass is 10.1. The fraction of sp³-hybridized carbons (Fsp3) is 0.143. The van der Waals surface area contributed by atoms with Gasteiger partial charge in [-0.2, -0.15) is 0 Å². The summed E-state index contributed by atoms with van der Waals surface area (Å²) in [5.41, 5.74) is 3.51. The third-order valence-corrected chi connectivity index (χ3v) is 3.57. The Morgan fingerprint density at radius 1 is 0.609 bits per heavy atom. The first-order valence-corrected chi connectivity index (χ1v) is 7.75. The van der Waals surface area contributed by atoms with Crippen LogP contribution in [-0.2, 0) is 13.2 Å². The van der Waals surface area contributed by atoms with Crippen molar-refractivity contribution in [3.63, 3.8) is 0 Å². The van der Waals surface area contributed by atoms with Gasteiger partial charge in [-0.15, -0.1) is 0 Å². The Bertz CT molecular complexity index is 733. The van der Waals surface area contributed by atoms with E-state index in [0.717, 1.165) is 22.6 Å². The predicted molar refractivity (Wildman–Crippen MR) is 92.7 cm³/mol. The van der Waals surface area contributed by atoms with Gasteiger partial charge in [0.2, 0.25) is 0 Å². The van der Waals surface area contributed by atoms with Gasteiger partial charge in [0.15, 0.2) is 0 Å². The maximum absolute atomic E-state index is 5.82. The third-order valence-electron chi connectivity index (χ3n) is 3.57. The van der Waals surface area contributed by atoms with Crippen molar-refractivity contribution >= 4 is 0 Å². The minimum absolute atomic E-state index is 0.558. The molecular weight excluding hydrogens is 284 g/mol. The van der Waals surface area contributed by atoms with Crippen LogP contribution in [-0.4, -0.2) is 0 Å². The van der Waals surface area contributed by atoms with Crippen molar-refractivity contribution in [3.8, 4) is 11.5 Å². The summed E-state index contributed by atoms with van der Waals surface area (Å²) in [6.45, 7) is 3.19. The summed E-state index contributed by atoms with van der Waals surface area (Å²) in [4.78, 5) is 0. The zero-order valence-corrected chi connectivity index (χ0v) is 13.2. The molecule has 3 aromatic carbocycles. The monoisotopic (exact) mass is 304 g/mol. The molecule has 0 N–H and O–H groups in total. The second-order valence-electron chi connectivity index (χ2n) is 5.52. The topological polar surface area (TPSA) is 18.5 Å². The number of para-hydroxylation sites is 1. The second-order valence-corrected chi connectivity index (χ2v) is 5.52. The van der Waals surface area contributed by atoms with Crippen LogP contribution >= 0.6 is 0 Å². The lowest BCUT2D eigenvalue weighted by molar-refractivity contribution is 0.300. The summed E-state index contributed by atoms with van der Waals surface area (Å²) in [6, 6.07) is 26.3. The minimum Gasteiger partial charge on any atom is -0.489 e. The molecule has 0 radical (unpaired) electrons. The Balaban J connectivity index is 1.57. The van der Waals surface area contributed by atoms with Crippen LogP contribution < -0.4 is 9.47 Å². The molecule has 116 valence electrons. The van der Waals surface area contributed by atoms with Crippen molar-refractivity contribution < 1.29 is 9.47 Å². The fourth-order valence-corrected chi connectivity index (χ4v) is 2.29. The normalized spacial score (nSPS) is 10.3. The van der Waals surface area contributed by atoms with Crippen molar-refractivity contribution in [2.24, 2.45) is 0 Å². The van der Waals surface area contributed by atoms with Gasteiger partial charge in [0.1, 0.15) is 24.7 Å². The Morgan fingerprint density at radius 3 is 1.78 bits per heavy atom. The van der Waals surface area contributed by atoms with Crippen molar-refractivity contribution in [2.45, 2.75) is 20.1 Å². The van der Waals surface area contributed by atoms with Crippen molar-refractivity contribution in [3.05, 3.63) is 95.6 Å². The summed E-state index contributed by atoms with van der Waals surface area (Å²) in [5, 5.41) is 0. The number of ether oxygens (including phenoxy) is 2. The first-order chi connectivity index (χ1) is 11.3. The molecule has 0 amide bonds. The molecule has 23 heavy (non-hydrogen) atoms. The first kappa shape index (κ1) is 15.2. The van der Waals surface area contributed by atoms with Crippen LogP contribution in [0, 0.1) is 6.92 Å². The van der Waals surface area contributed by atoms with Gasteiger partial charge in [0.05, 0.1) is 0 Å². The molecule has 3 aromatic rings. The Morgan fingerprint density at radius 2 is 1.17 bits per heavy atom. The van der Waals surface area contributed by atoms with Crippen LogP contribution in [0.5, 0.6) is 11.5 Å². The highest BCUT2D eigenvalue weighted by atomic mass is 16.5. The van der Waals surface area contributed by atoms with Gasteiger partial charge in [0.25, 0.3) is 0 Å². The van der Waals surface area contributed by atoms with Gasteiger partial charge in [-0.05, 0) is 48.4 Å². The highest BCUT2D eigenvalue weighted by Gasteiger charge is 2.00. The smallest absolute Gasteiger partial charge is 0.119 e. The van der Waals surface area contributed by atoms with E-state index in [1.807, 2.05) is 48.5 Å². The zero-order chi connectivity index (χ0) is 15.9. The summed E-state index contributed by atoms with van der Waals surface area (Å²) in [5.74, 6) is 1.77. The number of benzene rings is 3. The molecular formula is C21H20O2. The average molecular weight is 304 g/mol. The van der Waals surface area contributed by atoms with Crippen LogP contribution in [0.4, 0.5) is 0 Å². The quantitative estimate of drug-likeness (QED) is 0.627. The molecule has 0 atom stereocenters. The molecule has 0 aromatic heterocycles. The molecule has 0 bridgehead atoms. The number of rotatable bonds is 6. The van der Waals surface area contributed by atoms with Gasteiger partial charge < -0.3 is 9.47 Å². The highest BCUT2D eigenvalue weighted by molar-refractivity contribution is 5.28. The molecule has 2 nitrogen and oxygen atoms in total. The van der Waals surface area contributed by atoms with Crippen LogP contribution in [0.3, 0.4) is 0 Å². The molecule has 0 spiro atoms. The lowest BCUT2D eigenvalue weighted by Gasteiger charge is -2.09. The zero-order valence-electron chi connectivity index (χ0n) is 13.2. The SMILES string of the molecule is Cc1ccc(OCc2cccc(COc3ccccc3)c2)cc1. The van der Waals surface area contributed by atoms with E-state index in [0.29, 0.717) is 13.2 Å². The Hall–Kier alpha value is -2.74. The molecule has 3 rings (SSSR count). The van der Waals surface area contributed by atoms with E-state index in [4.69, 9.17) is 9.47 Å². The Labute approximate surface area is 137 Å². The Kier molecular flexibility index (Phi) is 4.95. The molecule has 0 unspecified atom stereocenters. The maximum atomic E-state index is 5.82. The van der Waals surface area contributed by atoms with E-state index in [2.05, 4.69) is 37.3 Å². The van der Waals surface area contributed by atoms with Gasteiger partial charge in [-0.1, -0.05) is 54.1 Å². The van der Waals surface area contributed by atoms with Crippen molar-refractivity contribution in [1.29, 1.82) is 0 Å². The standard InChI is InChI=1S/C21H20O2/c1-17-10-12-21(13-11-17)23-16-19-7-5-6-18(14-19)15-22-20-8-3-2-4-9-20/h2-14H,15-16H2,1H3. The maximum Gasteiger partial charge on any atom is 0.119 e. The second kappa shape index (κ2) is 7.50. The van der Waals surface area contributed by atoms with E-state index < -0.39 is 0 Å². The van der Waals surface area contributed by atoms with Crippen molar-refractivity contribution in [2.75, 3.05) is 0 Å². The summed E-state index contributed by atoms with van der Waals surface area (Å²) < 4.78 is 11.6. The van der Waals surface area contributed by atoms with Gasteiger partial charge >= 0.3 is 0 Å². The van der Waals surface area contributed by atoms with E-state index in [1.54, 1.807) is 0 Å². The van der Waals surface area contributed by atoms with Crippen molar-refractivity contribution in [1.82, 2.24) is 0 Å². The molecule has 0 aliphatic carbocycles. The molecule has 0 aliphatic heterocycles. The fourth-order valence-electron chi connectivity index (χ4n) is 2.29. The largest absolute Gasteiger partial charge is 0.489 e. The minimum atomic E-state index is 0.558. The van der Waals surface area contributed by atoms with Gasteiger partial charge in [-0.25, -0.2) is 0 Å². The van der Waals surface area contributed by atoms with E-state index >= 15 is 0 Å². The summed E-state index contributed by atoms with van der Waals surface area (Å²) in [6.07, 6.45) is 0. The van der Waals surface area contributed by atoms with E-state index in [9.17, 15) is 0 Å². The van der Waals surface area contributed by atoms with Gasteiger partial charge in [0, 0.05) is 0 Å². The third kappa shape index (κ3) is 4.62. The van der Waals surface area contributed by atoms with Crippen LogP contribution in [0.1, 0.15) is 16.7 Å². The molecule has 0 saturated carbocycles. The number of hydrogen-bond acceptors (Lipinski definition) is 2. The van der Waals surface area contributed by atoms with Crippen LogP contribution in [0.2, 0.25) is 0 Å². The molecule has 0 saturated heterocycles. The van der Waals surface area contributed by atoms with Crippen LogP contribution in [0.15, 0.2) is 78.9 Å². The molecule has 2 heteroatoms. The number of aryl methyl sites for hydroxylation is 1. The predicted octanol–water partition coefficient (Wildman–Crippen LogP) is 5.15. The van der Waals surface area contributed by atoms with E-state index in [-0.39, 0.29) is 0 Å². The average Bonchev–Trinajstić information content (AvgIpc) is 2.61. The summed E-state index contributed by atoms with van der Waals surface area (Å²) >= 11 is 0. The molecule has 0 aliphatic rings. The lowest BCUT2D eigenvalue weighted by Crippen LogP contribution is -1.99. The summed E-state index contributed by atoms with van der Waals surface area (Å²) in [7, 11) is 0. The number of hydrogen-bond donors (Lipinski definition) is 0. The van der Waals surface area contributed by atoms with Gasteiger partial charge in [-0.3, -0.25) is 0 Å². The first-order valence-electron chi connectivity index (χ1n) is 7.75. The molecule has 0 heterocycles. The molecule has 0 fully saturated rings.